The van der Waals surface area contributed by atoms with Crippen molar-refractivity contribution in [2.24, 2.45) is 5.73 Å². The normalized spacial score (nSPS) is 20.1. The van der Waals surface area contributed by atoms with Gasteiger partial charge in [0.15, 0.2) is 0 Å². The lowest BCUT2D eigenvalue weighted by atomic mass is 10.0. The maximum Gasteiger partial charge on any atom is 0.254 e. The molecule has 3 N–H and O–H groups in total. The largest absolute Gasteiger partial charge is 0.489 e. The van der Waals surface area contributed by atoms with Gasteiger partial charge in [-0.05, 0) is 61.4 Å². The van der Waals surface area contributed by atoms with Crippen LogP contribution >= 0.6 is 0 Å². The first kappa shape index (κ1) is 23.9. The maximum atomic E-state index is 14.7. The molecule has 10 heteroatoms. The molecule has 2 aromatic carbocycles. The molecule has 7 rings (SSSR count). The van der Waals surface area contributed by atoms with Gasteiger partial charge >= 0.3 is 0 Å². The number of benzene rings is 2. The van der Waals surface area contributed by atoms with Gasteiger partial charge in [0, 0.05) is 36.3 Å². The van der Waals surface area contributed by atoms with E-state index in [-0.39, 0.29) is 36.2 Å². The molecule has 0 saturated carbocycles. The Labute approximate surface area is 224 Å². The zero-order valence-electron chi connectivity index (χ0n) is 21.2. The zero-order valence-corrected chi connectivity index (χ0v) is 21.2. The molecular weight excluding hydrogens is 502 g/mol. The monoisotopic (exact) mass is 530 g/mol. The summed E-state index contributed by atoms with van der Waals surface area (Å²) in [6.07, 6.45) is 3.02. The Kier molecular flexibility index (Phi) is 5.66. The molecule has 2 aromatic heterocycles. The number of pyridine rings is 1. The number of ether oxygens (including phenoxy) is 1. The summed E-state index contributed by atoms with van der Waals surface area (Å²) < 4.78 is 36.9. The summed E-state index contributed by atoms with van der Waals surface area (Å²) in [5.74, 6) is -0.210. The molecule has 0 bridgehead atoms. The summed E-state index contributed by atoms with van der Waals surface area (Å²) in [6.45, 7) is 2.41. The van der Waals surface area contributed by atoms with Gasteiger partial charge in [0.05, 0.1) is 35.7 Å². The van der Waals surface area contributed by atoms with Crippen LogP contribution < -0.4 is 20.7 Å². The number of nitrogens with one attached hydrogen (secondary N) is 1. The highest BCUT2D eigenvalue weighted by Gasteiger charge is 2.38. The van der Waals surface area contributed by atoms with Crippen LogP contribution in [0, 0.1) is 11.6 Å². The predicted octanol–water partition coefficient (Wildman–Crippen LogP) is 4.25. The van der Waals surface area contributed by atoms with Crippen LogP contribution in [-0.4, -0.2) is 52.6 Å². The van der Waals surface area contributed by atoms with Crippen LogP contribution in [0.2, 0.25) is 0 Å². The zero-order chi connectivity index (χ0) is 26.7. The first-order valence-electron chi connectivity index (χ1n) is 13.2. The molecule has 200 valence electrons. The van der Waals surface area contributed by atoms with Crippen molar-refractivity contribution >= 4 is 28.2 Å². The minimum atomic E-state index is -0.418. The quantitative estimate of drug-likeness (QED) is 0.410. The summed E-state index contributed by atoms with van der Waals surface area (Å²) in [7, 11) is 0. The van der Waals surface area contributed by atoms with Crippen LogP contribution in [0.15, 0.2) is 54.7 Å². The fraction of sp³-hybridized carbons (Fsp3) is 0.310. The van der Waals surface area contributed by atoms with Gasteiger partial charge in [-0.15, -0.1) is 0 Å². The van der Waals surface area contributed by atoms with Crippen molar-refractivity contribution in [2.45, 2.75) is 31.6 Å². The minimum absolute atomic E-state index is 0.0135. The topological polar surface area (TPSA) is 88.7 Å². The molecule has 39 heavy (non-hydrogen) atoms. The Balaban J connectivity index is 1.29. The van der Waals surface area contributed by atoms with Crippen molar-refractivity contribution in [1.29, 1.82) is 0 Å². The first-order chi connectivity index (χ1) is 19.0. The lowest BCUT2D eigenvalue weighted by Gasteiger charge is -2.33. The Morgan fingerprint density at radius 2 is 2.05 bits per heavy atom. The number of carbonyl (C=O) groups is 1. The number of hydrogen-bond donors (Lipinski definition) is 2. The first-order valence-corrected chi connectivity index (χ1v) is 13.2. The molecule has 3 aliphatic heterocycles. The van der Waals surface area contributed by atoms with Crippen molar-refractivity contribution in [3.63, 3.8) is 0 Å². The molecule has 2 atom stereocenters. The van der Waals surface area contributed by atoms with Gasteiger partial charge in [0.2, 0.25) is 0 Å². The number of likely N-dealkylation sites (tertiary alicyclic amines) is 1. The number of piperidine rings is 1. The lowest BCUT2D eigenvalue weighted by molar-refractivity contribution is 0.0708. The Morgan fingerprint density at radius 1 is 1.15 bits per heavy atom. The predicted molar refractivity (Wildman–Crippen MR) is 144 cm³/mol. The van der Waals surface area contributed by atoms with Crippen LogP contribution in [0.3, 0.4) is 0 Å². The van der Waals surface area contributed by atoms with Crippen molar-refractivity contribution in [2.75, 3.05) is 36.5 Å². The van der Waals surface area contributed by atoms with Crippen LogP contribution in [0.5, 0.6) is 5.75 Å². The van der Waals surface area contributed by atoms with Gasteiger partial charge < -0.3 is 30.2 Å². The van der Waals surface area contributed by atoms with Gasteiger partial charge in [-0.25, -0.2) is 8.78 Å². The molecule has 3 aliphatic rings. The number of fused-ring (bicyclic) bond motifs is 1. The number of nitrogens with two attached hydrogens (primary N) is 1. The molecular formula is C29H28F2N6O2. The number of aromatic nitrogens is 2. The Bertz CT molecular complexity index is 1600. The maximum absolute atomic E-state index is 14.7. The fourth-order valence-corrected chi connectivity index (χ4v) is 6.04. The third-order valence-corrected chi connectivity index (χ3v) is 7.87. The van der Waals surface area contributed by atoms with E-state index >= 15 is 0 Å². The summed E-state index contributed by atoms with van der Waals surface area (Å²) >= 11 is 0. The van der Waals surface area contributed by atoms with Crippen LogP contribution in [-0.2, 0) is 6.54 Å². The second kappa shape index (κ2) is 9.23. The molecule has 0 radical (unpaired) electrons. The van der Waals surface area contributed by atoms with Crippen molar-refractivity contribution in [1.82, 2.24) is 14.5 Å². The third-order valence-electron chi connectivity index (χ3n) is 7.87. The number of amides is 1. The summed E-state index contributed by atoms with van der Waals surface area (Å²) in [4.78, 5) is 21.6. The van der Waals surface area contributed by atoms with E-state index in [2.05, 4.69) is 15.2 Å². The van der Waals surface area contributed by atoms with Crippen molar-refractivity contribution in [3.05, 3.63) is 83.3 Å². The van der Waals surface area contributed by atoms with Gasteiger partial charge in [-0.1, -0.05) is 0 Å². The SMILES string of the molecule is NC1CCCN(C(=O)c2cc3c4c(c2)OCCN4[C@H](c2cc4ccc(F)cc4n2Cc2ncccc2F)N3)C1. The number of nitrogens with zero attached hydrogens (tertiary/aromatic N) is 4. The number of halogens is 2. The summed E-state index contributed by atoms with van der Waals surface area (Å²) in [5.41, 5.74) is 10.1. The highest BCUT2D eigenvalue weighted by molar-refractivity contribution is 5.99. The van der Waals surface area contributed by atoms with Crippen molar-refractivity contribution < 1.29 is 18.3 Å². The van der Waals surface area contributed by atoms with E-state index in [1.807, 2.05) is 27.7 Å². The van der Waals surface area contributed by atoms with Gasteiger partial charge in [0.25, 0.3) is 5.91 Å². The van der Waals surface area contributed by atoms with Gasteiger partial charge in [0.1, 0.15) is 35.8 Å². The van der Waals surface area contributed by atoms with E-state index in [0.717, 1.165) is 35.3 Å². The van der Waals surface area contributed by atoms with E-state index in [1.165, 1.54) is 18.2 Å². The molecule has 0 aliphatic carbocycles. The fourth-order valence-electron chi connectivity index (χ4n) is 6.04. The van der Waals surface area contributed by atoms with E-state index in [0.29, 0.717) is 43.1 Å². The molecule has 5 heterocycles. The lowest BCUT2D eigenvalue weighted by Crippen LogP contribution is -2.45. The average molecular weight is 531 g/mol. The van der Waals surface area contributed by atoms with Gasteiger partial charge in [-0.2, -0.15) is 0 Å². The molecule has 0 spiro atoms. The average Bonchev–Trinajstić information content (AvgIpc) is 3.48. The molecule has 1 unspecified atom stereocenters. The van der Waals surface area contributed by atoms with E-state index < -0.39 is 5.82 Å². The highest BCUT2D eigenvalue weighted by Crippen LogP contribution is 2.50. The Hall–Kier alpha value is -4.18. The number of rotatable bonds is 4. The molecule has 1 saturated heterocycles. The number of carbonyl (C=O) groups excluding carboxylic acids is 1. The second-order valence-electron chi connectivity index (χ2n) is 10.4. The molecule has 1 amide bonds. The van der Waals surface area contributed by atoms with Crippen LogP contribution in [0.1, 0.15) is 40.8 Å². The highest BCUT2D eigenvalue weighted by atomic mass is 19.1. The second-order valence-corrected chi connectivity index (χ2v) is 10.4. The van der Waals surface area contributed by atoms with Crippen molar-refractivity contribution in [3.8, 4) is 5.75 Å². The van der Waals surface area contributed by atoms with E-state index in [4.69, 9.17) is 10.5 Å². The van der Waals surface area contributed by atoms with Crippen LogP contribution in [0.25, 0.3) is 10.9 Å². The summed E-state index contributed by atoms with van der Waals surface area (Å²) in [5, 5.41) is 4.42. The number of anilines is 2. The summed E-state index contributed by atoms with van der Waals surface area (Å²) in [6, 6.07) is 13.2. The minimum Gasteiger partial charge on any atom is -0.489 e. The van der Waals surface area contributed by atoms with E-state index in [9.17, 15) is 13.6 Å². The standard InChI is InChI=1S/C29H28F2N6O2/c30-19-6-5-17-12-25(37(24(17)14-19)16-23-21(31)4-1-7-33-23)28-34-22-11-18(13-26-27(22)36(28)9-10-39-26)29(38)35-8-2-3-20(32)15-35/h1,4-7,11-14,20,28,34H,2-3,8-10,15-16,32H2/t20?,28-/m1/s1. The molecule has 1 fully saturated rings. The Morgan fingerprint density at radius 3 is 2.90 bits per heavy atom. The molecule has 4 aromatic rings. The van der Waals surface area contributed by atoms with Crippen LogP contribution in [0.4, 0.5) is 20.2 Å². The third kappa shape index (κ3) is 4.06. The smallest absolute Gasteiger partial charge is 0.254 e. The number of hydrogen-bond acceptors (Lipinski definition) is 6. The van der Waals surface area contributed by atoms with E-state index in [1.54, 1.807) is 18.3 Å². The van der Waals surface area contributed by atoms with Gasteiger partial charge in [-0.3, -0.25) is 9.78 Å². The molecule has 8 nitrogen and oxygen atoms in total.